The first-order valence-corrected chi connectivity index (χ1v) is 7.28. The molecule has 1 unspecified atom stereocenters. The second-order valence-corrected chi connectivity index (χ2v) is 5.90. The Labute approximate surface area is 102 Å². The maximum absolute atomic E-state index is 11.9. The van der Waals surface area contributed by atoms with Crippen molar-refractivity contribution in [2.75, 3.05) is 0 Å². The number of aliphatic hydroxyl groups excluding tert-OH is 1. The van der Waals surface area contributed by atoms with Crippen molar-refractivity contribution in [3.05, 3.63) is 18.0 Å². The number of hydrogen-bond acceptors (Lipinski definition) is 3. The van der Waals surface area contributed by atoms with Gasteiger partial charge in [-0.05, 0) is 19.4 Å². The molecule has 0 aliphatic rings. The lowest BCUT2D eigenvalue weighted by molar-refractivity contribution is 0.277. The molecule has 0 bridgehead atoms. The average molecular weight is 260 g/mol. The Morgan fingerprint density at radius 3 is 2.76 bits per heavy atom. The van der Waals surface area contributed by atoms with Gasteiger partial charge in [0.25, 0.3) is 0 Å². The van der Waals surface area contributed by atoms with Crippen LogP contribution in [0.4, 0.5) is 0 Å². The van der Waals surface area contributed by atoms with Crippen molar-refractivity contribution in [3.8, 4) is 0 Å². The minimum Gasteiger partial charge on any atom is -0.390 e. The maximum Gasteiger partial charge on any atom is 0.242 e. The Kier molecular flexibility index (Phi) is 5.17. The number of hydrogen-bond donors (Lipinski definition) is 3. The van der Waals surface area contributed by atoms with Gasteiger partial charge < -0.3 is 10.1 Å². The SMILES string of the molecule is CCCCC(C)NS(=O)(=O)c1c[nH]c(CO)c1. The Hall–Kier alpha value is -0.850. The van der Waals surface area contributed by atoms with Gasteiger partial charge in [0.15, 0.2) is 0 Å². The summed E-state index contributed by atoms with van der Waals surface area (Å²) in [4.78, 5) is 2.88. The molecule has 0 spiro atoms. The first kappa shape index (κ1) is 14.2. The van der Waals surface area contributed by atoms with Crippen molar-refractivity contribution in [1.82, 2.24) is 9.71 Å². The summed E-state index contributed by atoms with van der Waals surface area (Å²) >= 11 is 0. The van der Waals surface area contributed by atoms with Crippen LogP contribution in [0.15, 0.2) is 17.2 Å². The molecule has 1 rings (SSSR count). The van der Waals surface area contributed by atoms with E-state index in [1.54, 1.807) is 0 Å². The molecule has 0 aliphatic heterocycles. The summed E-state index contributed by atoms with van der Waals surface area (Å²) in [6.45, 7) is 3.73. The highest BCUT2D eigenvalue weighted by molar-refractivity contribution is 7.89. The van der Waals surface area contributed by atoms with Crippen LogP contribution in [0, 0.1) is 0 Å². The molecule has 98 valence electrons. The number of aliphatic hydroxyl groups is 1. The lowest BCUT2D eigenvalue weighted by atomic mass is 10.2. The van der Waals surface area contributed by atoms with E-state index in [1.165, 1.54) is 12.3 Å². The minimum absolute atomic E-state index is 0.0765. The predicted molar refractivity (Wildman–Crippen MR) is 66.0 cm³/mol. The summed E-state index contributed by atoms with van der Waals surface area (Å²) in [5.74, 6) is 0. The lowest BCUT2D eigenvalue weighted by Crippen LogP contribution is -2.32. The first-order chi connectivity index (χ1) is 7.99. The second kappa shape index (κ2) is 6.18. The minimum atomic E-state index is -3.47. The highest BCUT2D eigenvalue weighted by Crippen LogP contribution is 2.12. The quantitative estimate of drug-likeness (QED) is 0.692. The van der Waals surface area contributed by atoms with Gasteiger partial charge in [-0.25, -0.2) is 13.1 Å². The molecule has 3 N–H and O–H groups in total. The van der Waals surface area contributed by atoms with Crippen molar-refractivity contribution in [1.29, 1.82) is 0 Å². The Morgan fingerprint density at radius 1 is 1.53 bits per heavy atom. The van der Waals surface area contributed by atoms with Crippen molar-refractivity contribution < 1.29 is 13.5 Å². The molecular formula is C11H20N2O3S. The van der Waals surface area contributed by atoms with Crippen LogP contribution in [0.5, 0.6) is 0 Å². The van der Waals surface area contributed by atoms with E-state index < -0.39 is 10.0 Å². The molecule has 0 fully saturated rings. The number of nitrogens with one attached hydrogen (secondary N) is 2. The standard InChI is InChI=1S/C11H20N2O3S/c1-3-4-5-9(2)13-17(15,16)11-6-10(8-14)12-7-11/h6-7,9,12-14H,3-5,8H2,1-2H3. The molecule has 1 heterocycles. The van der Waals surface area contributed by atoms with Gasteiger partial charge in [0.1, 0.15) is 0 Å². The summed E-state index contributed by atoms with van der Waals surface area (Å²) in [6.07, 6.45) is 4.26. The number of aromatic amines is 1. The summed E-state index contributed by atoms with van der Waals surface area (Å²) in [5.41, 5.74) is 0.492. The molecule has 5 nitrogen and oxygen atoms in total. The van der Waals surface area contributed by atoms with Crippen molar-refractivity contribution in [2.24, 2.45) is 0 Å². The molecule has 1 aromatic rings. The second-order valence-electron chi connectivity index (χ2n) is 4.18. The summed E-state index contributed by atoms with van der Waals surface area (Å²) in [7, 11) is -3.47. The van der Waals surface area contributed by atoms with Gasteiger partial charge in [0.05, 0.1) is 11.5 Å². The largest absolute Gasteiger partial charge is 0.390 e. The summed E-state index contributed by atoms with van der Waals surface area (Å²) in [5, 5.41) is 8.87. The molecule has 0 aromatic carbocycles. The van der Waals surface area contributed by atoms with Crippen molar-refractivity contribution in [2.45, 2.75) is 50.7 Å². The van der Waals surface area contributed by atoms with E-state index in [1.807, 2.05) is 6.92 Å². The lowest BCUT2D eigenvalue weighted by Gasteiger charge is -2.12. The average Bonchev–Trinajstić information content (AvgIpc) is 2.75. The summed E-state index contributed by atoms with van der Waals surface area (Å²) < 4.78 is 26.5. The van der Waals surface area contributed by atoms with E-state index in [9.17, 15) is 8.42 Å². The predicted octanol–water partition coefficient (Wildman–Crippen LogP) is 1.36. The molecule has 0 radical (unpaired) electrons. The Balaban J connectivity index is 2.68. The highest BCUT2D eigenvalue weighted by Gasteiger charge is 2.18. The number of rotatable bonds is 7. The molecular weight excluding hydrogens is 240 g/mol. The normalized spacial score (nSPS) is 13.8. The third kappa shape index (κ3) is 4.14. The van der Waals surface area contributed by atoms with Crippen LogP contribution >= 0.6 is 0 Å². The fraction of sp³-hybridized carbons (Fsp3) is 0.636. The molecule has 6 heteroatoms. The monoisotopic (exact) mass is 260 g/mol. The third-order valence-corrected chi connectivity index (χ3v) is 4.11. The fourth-order valence-corrected chi connectivity index (χ4v) is 2.86. The van der Waals surface area contributed by atoms with Crippen molar-refractivity contribution >= 4 is 10.0 Å². The highest BCUT2D eigenvalue weighted by atomic mass is 32.2. The molecule has 0 aliphatic carbocycles. The fourth-order valence-electron chi connectivity index (χ4n) is 1.57. The third-order valence-electron chi connectivity index (χ3n) is 2.54. The topological polar surface area (TPSA) is 82.2 Å². The number of unbranched alkanes of at least 4 members (excludes halogenated alkanes) is 1. The molecule has 0 saturated carbocycles. The smallest absolute Gasteiger partial charge is 0.242 e. The number of sulfonamides is 1. The van der Waals surface area contributed by atoms with Crippen molar-refractivity contribution in [3.63, 3.8) is 0 Å². The molecule has 1 atom stereocenters. The molecule has 1 aromatic heterocycles. The zero-order valence-electron chi connectivity index (χ0n) is 10.2. The van der Waals surface area contributed by atoms with E-state index in [-0.39, 0.29) is 17.5 Å². The number of H-pyrrole nitrogens is 1. The van der Waals surface area contributed by atoms with Gasteiger partial charge in [0.2, 0.25) is 10.0 Å². The van der Waals surface area contributed by atoms with Gasteiger partial charge in [-0.2, -0.15) is 0 Å². The summed E-state index contributed by atoms with van der Waals surface area (Å²) in [6, 6.07) is 1.36. The molecule has 0 saturated heterocycles. The van der Waals surface area contributed by atoms with E-state index in [2.05, 4.69) is 16.6 Å². The van der Waals surface area contributed by atoms with E-state index in [0.29, 0.717) is 5.69 Å². The van der Waals surface area contributed by atoms with Crippen LogP contribution < -0.4 is 4.72 Å². The Morgan fingerprint density at radius 2 is 2.24 bits per heavy atom. The van der Waals surface area contributed by atoms with E-state index in [0.717, 1.165) is 19.3 Å². The van der Waals surface area contributed by atoms with Crippen LogP contribution in [-0.2, 0) is 16.6 Å². The van der Waals surface area contributed by atoms with Crippen LogP contribution in [-0.4, -0.2) is 24.6 Å². The van der Waals surface area contributed by atoms with Gasteiger partial charge >= 0.3 is 0 Å². The van der Waals surface area contributed by atoms with E-state index in [4.69, 9.17) is 5.11 Å². The zero-order chi connectivity index (χ0) is 12.9. The van der Waals surface area contributed by atoms with Gasteiger partial charge in [-0.15, -0.1) is 0 Å². The van der Waals surface area contributed by atoms with Crippen LogP contribution in [0.25, 0.3) is 0 Å². The van der Waals surface area contributed by atoms with Gasteiger partial charge in [-0.1, -0.05) is 19.8 Å². The molecule has 17 heavy (non-hydrogen) atoms. The Bertz CT molecular complexity index is 439. The van der Waals surface area contributed by atoms with Crippen LogP contribution in [0.3, 0.4) is 0 Å². The first-order valence-electron chi connectivity index (χ1n) is 5.80. The van der Waals surface area contributed by atoms with Gasteiger partial charge in [0, 0.05) is 17.9 Å². The van der Waals surface area contributed by atoms with Crippen LogP contribution in [0.1, 0.15) is 38.8 Å². The zero-order valence-corrected chi connectivity index (χ0v) is 11.0. The number of aromatic nitrogens is 1. The van der Waals surface area contributed by atoms with Gasteiger partial charge in [-0.3, -0.25) is 0 Å². The maximum atomic E-state index is 11.9. The van der Waals surface area contributed by atoms with E-state index >= 15 is 0 Å². The van der Waals surface area contributed by atoms with Crippen LogP contribution in [0.2, 0.25) is 0 Å². The molecule has 0 amide bonds.